The molecular formula is C23H30N8O. The summed E-state index contributed by atoms with van der Waals surface area (Å²) < 4.78 is 6.02. The van der Waals surface area contributed by atoms with Gasteiger partial charge in [0.1, 0.15) is 17.4 Å². The number of hydrogen-bond donors (Lipinski definition) is 2. The molecule has 32 heavy (non-hydrogen) atoms. The van der Waals surface area contributed by atoms with Crippen molar-refractivity contribution in [3.05, 3.63) is 29.8 Å². The Bertz CT molecular complexity index is 1290. The Morgan fingerprint density at radius 2 is 1.91 bits per heavy atom. The van der Waals surface area contributed by atoms with Gasteiger partial charge in [-0.15, -0.1) is 0 Å². The highest BCUT2D eigenvalue weighted by Gasteiger charge is 2.43. The molecule has 4 aromatic rings. The number of nitrogens with zero attached hydrogens (tertiary/aromatic N) is 7. The zero-order chi connectivity index (χ0) is 22.1. The Morgan fingerprint density at radius 1 is 1.19 bits per heavy atom. The Morgan fingerprint density at radius 3 is 2.50 bits per heavy atom. The number of hydrogen-bond acceptors (Lipinski definition) is 6. The number of nitrogens with one attached hydrogen (secondary N) is 1. The van der Waals surface area contributed by atoms with Crippen LogP contribution in [0.25, 0.3) is 22.1 Å². The molecule has 0 saturated heterocycles. The minimum absolute atomic E-state index is 0.509. The molecule has 1 atom stereocenters. The van der Waals surface area contributed by atoms with E-state index < -0.39 is 6.23 Å². The third-order valence-corrected chi connectivity index (χ3v) is 6.90. The highest BCUT2D eigenvalue weighted by molar-refractivity contribution is 6.07. The number of aliphatic hydroxyl groups is 1. The van der Waals surface area contributed by atoms with Crippen LogP contribution in [0.4, 0.5) is 11.6 Å². The number of imidazole rings is 1. The van der Waals surface area contributed by atoms with Gasteiger partial charge in [-0.25, -0.2) is 9.97 Å². The molecule has 1 unspecified atom stereocenters. The Labute approximate surface area is 186 Å². The van der Waals surface area contributed by atoms with E-state index in [2.05, 4.69) is 37.9 Å². The van der Waals surface area contributed by atoms with Crippen LogP contribution in [-0.4, -0.2) is 51.0 Å². The number of pyridine rings is 1. The van der Waals surface area contributed by atoms with Gasteiger partial charge in [-0.05, 0) is 45.6 Å². The van der Waals surface area contributed by atoms with E-state index in [1.54, 1.807) is 0 Å². The molecule has 0 aliphatic heterocycles. The summed E-state index contributed by atoms with van der Waals surface area (Å²) in [4.78, 5) is 12.0. The molecule has 9 nitrogen and oxygen atoms in total. The van der Waals surface area contributed by atoms with Gasteiger partial charge >= 0.3 is 0 Å². The lowest BCUT2D eigenvalue weighted by Crippen LogP contribution is -2.34. The third-order valence-electron chi connectivity index (χ3n) is 6.90. The topological polar surface area (TPSA) is 89.0 Å². The Hall–Kier alpha value is -2.91. The molecule has 2 fully saturated rings. The van der Waals surface area contributed by atoms with Crippen molar-refractivity contribution in [3.63, 3.8) is 0 Å². The first kappa shape index (κ1) is 19.8. The van der Waals surface area contributed by atoms with E-state index in [1.807, 2.05) is 42.7 Å². The molecule has 2 saturated carbocycles. The first-order chi connectivity index (χ1) is 15.5. The summed E-state index contributed by atoms with van der Waals surface area (Å²) in [6, 6.07) is 5.13. The van der Waals surface area contributed by atoms with Gasteiger partial charge in [-0.3, -0.25) is 9.58 Å². The SMILES string of the molecule is CCn1c(C(O)N(C2CC2)C2CC2)cc2c3c(ncn3C)c(Nc3cc(C)n(C)n3)nc21. The van der Waals surface area contributed by atoms with E-state index in [0.717, 1.165) is 45.8 Å². The van der Waals surface area contributed by atoms with Gasteiger partial charge in [0.05, 0.1) is 17.5 Å². The Kier molecular flexibility index (Phi) is 4.35. The van der Waals surface area contributed by atoms with Gasteiger partial charge in [-0.2, -0.15) is 5.10 Å². The lowest BCUT2D eigenvalue weighted by Gasteiger charge is -2.28. The maximum atomic E-state index is 11.5. The fraction of sp³-hybridized carbons (Fsp3) is 0.522. The number of fused-ring (bicyclic) bond motifs is 3. The normalized spacial score (nSPS) is 17.7. The molecule has 2 aliphatic rings. The van der Waals surface area contributed by atoms with E-state index in [9.17, 15) is 5.11 Å². The predicted molar refractivity (Wildman–Crippen MR) is 124 cm³/mol. The number of aromatic nitrogens is 6. The van der Waals surface area contributed by atoms with Gasteiger partial charge in [-0.1, -0.05) is 0 Å². The van der Waals surface area contributed by atoms with Crippen molar-refractivity contribution in [3.8, 4) is 0 Å². The van der Waals surface area contributed by atoms with Gasteiger partial charge in [0, 0.05) is 49.9 Å². The van der Waals surface area contributed by atoms with Crippen LogP contribution >= 0.6 is 0 Å². The quantitative estimate of drug-likeness (QED) is 0.434. The first-order valence-corrected chi connectivity index (χ1v) is 11.5. The molecule has 2 N–H and O–H groups in total. The summed E-state index contributed by atoms with van der Waals surface area (Å²) in [5, 5.41) is 20.4. The van der Waals surface area contributed by atoms with Crippen molar-refractivity contribution < 1.29 is 5.11 Å². The van der Waals surface area contributed by atoms with Crippen LogP contribution in [0.15, 0.2) is 18.5 Å². The number of aliphatic hydroxyl groups excluding tert-OH is 1. The molecule has 2 aliphatic carbocycles. The summed E-state index contributed by atoms with van der Waals surface area (Å²) in [5.74, 6) is 1.42. The minimum atomic E-state index is -0.609. The molecular weight excluding hydrogens is 404 g/mol. The number of rotatable bonds is 7. The minimum Gasteiger partial charge on any atom is -0.372 e. The van der Waals surface area contributed by atoms with Gasteiger partial charge in [0.25, 0.3) is 0 Å². The average Bonchev–Trinajstić information content (AvgIpc) is 3.68. The largest absolute Gasteiger partial charge is 0.372 e. The molecule has 4 heterocycles. The van der Waals surface area contributed by atoms with Gasteiger partial charge in [0.15, 0.2) is 11.6 Å². The van der Waals surface area contributed by atoms with Crippen LogP contribution < -0.4 is 5.32 Å². The first-order valence-electron chi connectivity index (χ1n) is 11.5. The summed E-state index contributed by atoms with van der Waals surface area (Å²) in [5.41, 5.74) is 4.66. The van der Waals surface area contributed by atoms with Crippen LogP contribution in [-0.2, 0) is 20.6 Å². The van der Waals surface area contributed by atoms with Crippen molar-refractivity contribution >= 4 is 33.7 Å². The lowest BCUT2D eigenvalue weighted by atomic mass is 10.2. The highest BCUT2D eigenvalue weighted by atomic mass is 16.3. The van der Waals surface area contributed by atoms with Crippen LogP contribution in [0.3, 0.4) is 0 Å². The fourth-order valence-electron chi connectivity index (χ4n) is 4.90. The van der Waals surface area contributed by atoms with Crippen LogP contribution in [0.1, 0.15) is 50.2 Å². The van der Waals surface area contributed by atoms with Gasteiger partial charge < -0.3 is 19.6 Å². The summed E-state index contributed by atoms with van der Waals surface area (Å²) in [6.45, 7) is 4.86. The van der Waals surface area contributed by atoms with Crippen molar-refractivity contribution in [1.82, 2.24) is 33.8 Å². The van der Waals surface area contributed by atoms with Gasteiger partial charge in [0.2, 0.25) is 0 Å². The predicted octanol–water partition coefficient (Wildman–Crippen LogP) is 3.35. The third kappa shape index (κ3) is 3.02. The Balaban J connectivity index is 1.51. The maximum Gasteiger partial charge on any atom is 0.162 e. The second-order valence-corrected chi connectivity index (χ2v) is 9.27. The summed E-state index contributed by atoms with van der Waals surface area (Å²) >= 11 is 0. The molecule has 0 bridgehead atoms. The molecule has 0 radical (unpaired) electrons. The molecule has 0 amide bonds. The lowest BCUT2D eigenvalue weighted by molar-refractivity contribution is -0.0160. The standard InChI is InChI=1S/C23H30N8O/c1-5-30-17(23(32)31(14-6-7-14)15-8-9-15)11-16-20-19(24-12-28(20)3)21(26-22(16)30)25-18-10-13(2)29(4)27-18/h10-12,14-15,23,32H,5-9H2,1-4H3,(H,25,26,27). The van der Waals surface area contributed by atoms with Crippen LogP contribution in [0, 0.1) is 6.92 Å². The smallest absolute Gasteiger partial charge is 0.162 e. The maximum absolute atomic E-state index is 11.5. The second-order valence-electron chi connectivity index (χ2n) is 9.27. The van der Waals surface area contributed by atoms with E-state index >= 15 is 0 Å². The van der Waals surface area contributed by atoms with Crippen molar-refractivity contribution in [1.29, 1.82) is 0 Å². The van der Waals surface area contributed by atoms with Crippen LogP contribution in [0.2, 0.25) is 0 Å². The van der Waals surface area contributed by atoms with Crippen LogP contribution in [0.5, 0.6) is 0 Å². The molecule has 168 valence electrons. The zero-order valence-corrected chi connectivity index (χ0v) is 19.1. The molecule has 4 aromatic heterocycles. The summed E-state index contributed by atoms with van der Waals surface area (Å²) in [7, 11) is 3.93. The van der Waals surface area contributed by atoms with E-state index in [4.69, 9.17) is 4.98 Å². The van der Waals surface area contributed by atoms with E-state index in [0.29, 0.717) is 17.9 Å². The molecule has 6 rings (SSSR count). The zero-order valence-electron chi connectivity index (χ0n) is 19.1. The molecule has 0 spiro atoms. The number of anilines is 2. The second kappa shape index (κ2) is 7.05. The summed E-state index contributed by atoms with van der Waals surface area (Å²) in [6.07, 6.45) is 5.94. The average molecular weight is 435 g/mol. The van der Waals surface area contributed by atoms with Crippen molar-refractivity contribution in [2.75, 3.05) is 5.32 Å². The molecule has 9 heteroatoms. The highest BCUT2D eigenvalue weighted by Crippen LogP contribution is 2.43. The van der Waals surface area contributed by atoms with Crippen molar-refractivity contribution in [2.45, 2.75) is 64.4 Å². The fourth-order valence-corrected chi connectivity index (χ4v) is 4.90. The van der Waals surface area contributed by atoms with E-state index in [1.165, 1.54) is 25.7 Å². The van der Waals surface area contributed by atoms with Crippen molar-refractivity contribution in [2.24, 2.45) is 14.1 Å². The monoisotopic (exact) mass is 434 g/mol. The molecule has 0 aromatic carbocycles. The van der Waals surface area contributed by atoms with E-state index in [-0.39, 0.29) is 0 Å². The number of aryl methyl sites for hydroxylation is 4.